The first-order valence-corrected chi connectivity index (χ1v) is 15.7. The minimum absolute atomic E-state index is 0.0450. The van der Waals surface area contributed by atoms with Crippen LogP contribution in [0.1, 0.15) is 88.5 Å². The number of alkyl halides is 3. The van der Waals surface area contributed by atoms with Gasteiger partial charge in [0.05, 0.1) is 22.5 Å². The van der Waals surface area contributed by atoms with Crippen LogP contribution < -0.4 is 22.1 Å². The summed E-state index contributed by atoms with van der Waals surface area (Å²) in [4.78, 5) is 66.3. The van der Waals surface area contributed by atoms with Crippen molar-refractivity contribution in [2.24, 2.45) is 18.2 Å². The first kappa shape index (κ1) is 34.3. The molecule has 2 aliphatic carbocycles. The molecule has 4 N–H and O–H groups in total. The average molecular weight is 699 g/mol. The van der Waals surface area contributed by atoms with Crippen molar-refractivity contribution >= 4 is 34.9 Å². The Balaban J connectivity index is 1.10. The zero-order chi connectivity index (χ0) is 36.1. The molecule has 0 aliphatic heterocycles. The van der Waals surface area contributed by atoms with Crippen molar-refractivity contribution < 1.29 is 37.1 Å². The van der Waals surface area contributed by atoms with Crippen LogP contribution in [0.15, 0.2) is 29.3 Å². The molecule has 6 rings (SSSR count). The number of nitrogens with two attached hydrogens (primary N) is 1. The van der Waals surface area contributed by atoms with Crippen molar-refractivity contribution in [2.75, 3.05) is 11.9 Å². The molecule has 0 spiro atoms. The number of nitrogens with zero attached hydrogens (tertiary/aromatic N) is 7. The SMILES string of the molecule is Cn1nnc2c(C(=O)NCC(=O)O[C@H]3CC[C@H](Nc4cc(-n5nc(C(F)(F)F)c6c5CC(C)(C)CC6=O)ccc4C(N)=O)CC3)ncn2c1=O. The van der Waals surface area contributed by atoms with Crippen molar-refractivity contribution in [1.29, 1.82) is 0 Å². The summed E-state index contributed by atoms with van der Waals surface area (Å²) in [6.45, 7) is 3.14. The Morgan fingerprint density at radius 3 is 2.50 bits per heavy atom. The van der Waals surface area contributed by atoms with E-state index in [1.807, 2.05) is 0 Å². The number of aromatic nitrogens is 7. The monoisotopic (exact) mass is 698 g/mol. The normalized spacial score (nSPS) is 18.8. The van der Waals surface area contributed by atoms with Crippen LogP contribution in [0.2, 0.25) is 0 Å². The van der Waals surface area contributed by atoms with E-state index in [0.29, 0.717) is 25.7 Å². The average Bonchev–Trinajstić information content (AvgIpc) is 3.65. The second-order valence-corrected chi connectivity index (χ2v) is 13.2. The number of primary amides is 1. The number of hydrogen-bond acceptors (Lipinski definition) is 11. The lowest BCUT2D eigenvalue weighted by molar-refractivity contribution is -0.149. The van der Waals surface area contributed by atoms with Crippen LogP contribution in [0.3, 0.4) is 0 Å². The Bertz CT molecular complexity index is 2090. The molecule has 3 heterocycles. The fourth-order valence-electron chi connectivity index (χ4n) is 6.41. The quantitative estimate of drug-likeness (QED) is 0.227. The fraction of sp³-hybridized carbons (Fsp3) is 0.452. The first-order valence-electron chi connectivity index (χ1n) is 15.7. The van der Waals surface area contributed by atoms with Gasteiger partial charge in [-0.25, -0.2) is 18.9 Å². The number of aryl methyl sites for hydroxylation is 1. The molecule has 50 heavy (non-hydrogen) atoms. The number of benzene rings is 1. The first-order chi connectivity index (χ1) is 23.5. The number of carbonyl (C=O) groups excluding carboxylic acids is 4. The van der Waals surface area contributed by atoms with E-state index in [2.05, 4.69) is 31.0 Å². The fourth-order valence-corrected chi connectivity index (χ4v) is 6.41. The molecule has 0 saturated heterocycles. The topological polar surface area (TPSA) is 210 Å². The van der Waals surface area contributed by atoms with E-state index in [4.69, 9.17) is 10.5 Å². The smallest absolute Gasteiger partial charge is 0.435 e. The van der Waals surface area contributed by atoms with Crippen LogP contribution in [-0.4, -0.2) is 76.4 Å². The third kappa shape index (κ3) is 6.66. The molecule has 2 aliphatic rings. The summed E-state index contributed by atoms with van der Waals surface area (Å²) in [6.07, 6.45) is -2.17. The van der Waals surface area contributed by atoms with Crippen LogP contribution in [-0.2, 0) is 29.2 Å². The number of esters is 1. The molecule has 0 bridgehead atoms. The molecule has 1 saturated carbocycles. The number of rotatable bonds is 8. The number of ketones is 1. The molecule has 2 amide bonds. The highest BCUT2D eigenvalue weighted by atomic mass is 19.4. The van der Waals surface area contributed by atoms with Crippen molar-refractivity contribution in [3.05, 3.63) is 63.2 Å². The summed E-state index contributed by atoms with van der Waals surface area (Å²) < 4.78 is 50.6. The van der Waals surface area contributed by atoms with Gasteiger partial charge in [0, 0.05) is 25.2 Å². The standard InChI is InChI=1S/C31H33F3N10O6/c1-30(2)11-20-23(21(45)12-30)25(31(32,33)34)40-44(20)16-6-9-18(26(35)47)19(10-16)38-15-4-7-17(8-5-15)50-22(46)13-36-28(48)24-27-39-41-42(3)29(49)43(27)14-37-24/h6,9-10,14-15,17,38H,4-5,7-8,11-13H2,1-3H3,(H2,35,47)(H,36,48)/t15-,17-. The number of anilines is 1. The molecule has 264 valence electrons. The molecule has 4 aromatic rings. The van der Waals surface area contributed by atoms with Crippen LogP contribution in [0, 0.1) is 5.41 Å². The van der Waals surface area contributed by atoms with Gasteiger partial charge in [0.15, 0.2) is 22.8 Å². The van der Waals surface area contributed by atoms with E-state index in [-0.39, 0.29) is 52.9 Å². The van der Waals surface area contributed by atoms with Crippen molar-refractivity contribution in [3.8, 4) is 5.69 Å². The van der Waals surface area contributed by atoms with Gasteiger partial charge in [0.25, 0.3) is 11.8 Å². The summed E-state index contributed by atoms with van der Waals surface area (Å²) in [7, 11) is 1.39. The molecule has 19 heteroatoms. The number of imidazole rings is 1. The largest absolute Gasteiger partial charge is 0.461 e. The number of carbonyl (C=O) groups is 4. The number of hydrogen-bond donors (Lipinski definition) is 3. The van der Waals surface area contributed by atoms with E-state index in [1.54, 1.807) is 13.8 Å². The summed E-state index contributed by atoms with van der Waals surface area (Å²) in [5, 5.41) is 16.9. The van der Waals surface area contributed by atoms with E-state index in [9.17, 15) is 37.1 Å². The molecule has 0 unspecified atom stereocenters. The number of Topliss-reactive ketones (excluding diaryl/α,β-unsaturated/α-hetero) is 1. The zero-order valence-electron chi connectivity index (χ0n) is 27.2. The van der Waals surface area contributed by atoms with Gasteiger partial charge in [-0.2, -0.15) is 23.0 Å². The lowest BCUT2D eigenvalue weighted by atomic mass is 9.75. The molecule has 1 aromatic carbocycles. The predicted molar refractivity (Wildman–Crippen MR) is 168 cm³/mol. The number of amides is 2. The van der Waals surface area contributed by atoms with E-state index < -0.39 is 64.8 Å². The Hall–Kier alpha value is -5.62. The molecule has 16 nitrogen and oxygen atoms in total. The molecule has 3 aromatic heterocycles. The Kier molecular flexibility index (Phi) is 8.69. The van der Waals surface area contributed by atoms with Gasteiger partial charge >= 0.3 is 17.8 Å². The second kappa shape index (κ2) is 12.7. The van der Waals surface area contributed by atoms with Gasteiger partial charge in [0.1, 0.15) is 19.0 Å². The predicted octanol–water partition coefficient (Wildman–Crippen LogP) is 1.98. The summed E-state index contributed by atoms with van der Waals surface area (Å²) >= 11 is 0. The van der Waals surface area contributed by atoms with Gasteiger partial charge < -0.3 is 21.1 Å². The van der Waals surface area contributed by atoms with Crippen LogP contribution in [0.5, 0.6) is 0 Å². The maximum atomic E-state index is 14.0. The summed E-state index contributed by atoms with van der Waals surface area (Å²) in [5.41, 5.74) is 3.32. The Labute approximate surface area is 281 Å². The van der Waals surface area contributed by atoms with Gasteiger partial charge in [-0.1, -0.05) is 19.1 Å². The van der Waals surface area contributed by atoms with Crippen LogP contribution in [0.4, 0.5) is 18.9 Å². The lowest BCUT2D eigenvalue weighted by Crippen LogP contribution is -2.36. The number of fused-ring (bicyclic) bond motifs is 2. The summed E-state index contributed by atoms with van der Waals surface area (Å²) in [5.74, 6) is -2.81. The third-order valence-electron chi connectivity index (χ3n) is 8.77. The Morgan fingerprint density at radius 1 is 1.10 bits per heavy atom. The number of halogens is 3. The van der Waals surface area contributed by atoms with Crippen molar-refractivity contribution in [3.63, 3.8) is 0 Å². The minimum Gasteiger partial charge on any atom is -0.461 e. The maximum Gasteiger partial charge on any atom is 0.435 e. The highest BCUT2D eigenvalue weighted by molar-refractivity contribution is 6.01. The number of ether oxygens (including phenoxy) is 1. The number of nitrogens with one attached hydrogen (secondary N) is 2. The van der Waals surface area contributed by atoms with Gasteiger partial charge in [0.2, 0.25) is 0 Å². The molecular weight excluding hydrogens is 665 g/mol. The molecule has 0 radical (unpaired) electrons. The van der Waals surface area contributed by atoms with E-state index in [1.165, 1.54) is 25.2 Å². The highest BCUT2D eigenvalue weighted by Crippen LogP contribution is 2.42. The minimum atomic E-state index is -4.85. The summed E-state index contributed by atoms with van der Waals surface area (Å²) in [6, 6.07) is 4.11. The third-order valence-corrected chi connectivity index (χ3v) is 8.77. The molecule has 0 atom stereocenters. The Morgan fingerprint density at radius 2 is 1.82 bits per heavy atom. The molecule has 1 fully saturated rings. The van der Waals surface area contributed by atoms with Gasteiger partial charge in [-0.05, 0) is 55.7 Å². The lowest BCUT2D eigenvalue weighted by Gasteiger charge is -2.30. The molecular formula is C31H33F3N10O6. The maximum absolute atomic E-state index is 14.0. The van der Waals surface area contributed by atoms with Crippen LogP contribution in [0.25, 0.3) is 11.3 Å². The second-order valence-electron chi connectivity index (χ2n) is 13.2. The zero-order valence-corrected chi connectivity index (χ0v) is 27.2. The van der Waals surface area contributed by atoms with E-state index >= 15 is 0 Å². The van der Waals surface area contributed by atoms with Crippen molar-refractivity contribution in [1.82, 2.24) is 39.5 Å². The van der Waals surface area contributed by atoms with Gasteiger partial charge in [-0.3, -0.25) is 19.2 Å². The van der Waals surface area contributed by atoms with E-state index in [0.717, 1.165) is 20.1 Å². The van der Waals surface area contributed by atoms with Crippen molar-refractivity contribution in [2.45, 2.75) is 70.7 Å². The highest BCUT2D eigenvalue weighted by Gasteiger charge is 2.45. The van der Waals surface area contributed by atoms with Crippen LogP contribution >= 0.6 is 0 Å². The van der Waals surface area contributed by atoms with Gasteiger partial charge in [-0.15, -0.1) is 5.10 Å².